The van der Waals surface area contributed by atoms with Gasteiger partial charge < -0.3 is 9.88 Å². The summed E-state index contributed by atoms with van der Waals surface area (Å²) in [6.45, 7) is 10.0. The predicted molar refractivity (Wildman–Crippen MR) is 156 cm³/mol. The first-order chi connectivity index (χ1) is 18.4. The third-order valence-corrected chi connectivity index (χ3v) is 7.40. The van der Waals surface area contributed by atoms with E-state index in [1.165, 1.54) is 0 Å². The number of nitrogens with one attached hydrogen (secondary N) is 1. The minimum atomic E-state index is -0.264. The number of aromatic amines is 1. The van der Waals surface area contributed by atoms with Gasteiger partial charge in [0.05, 0.1) is 17.3 Å². The fourth-order valence-corrected chi connectivity index (χ4v) is 5.40. The minimum Gasteiger partial charge on any atom is -0.372 e. The summed E-state index contributed by atoms with van der Waals surface area (Å²) < 4.78 is 0. The van der Waals surface area contributed by atoms with Gasteiger partial charge in [0.2, 0.25) is 5.91 Å². The highest BCUT2D eigenvalue weighted by Crippen LogP contribution is 2.37. The van der Waals surface area contributed by atoms with E-state index in [1.807, 2.05) is 56.3 Å². The normalized spacial score (nSPS) is 15.1. The molecule has 1 atom stereocenters. The molecule has 1 aromatic heterocycles. The van der Waals surface area contributed by atoms with Crippen LogP contribution in [0.1, 0.15) is 56.3 Å². The molecule has 3 aromatic carbocycles. The van der Waals surface area contributed by atoms with Gasteiger partial charge >= 0.3 is 0 Å². The lowest BCUT2D eigenvalue weighted by molar-refractivity contribution is -0.132. The first-order valence-corrected chi connectivity index (χ1v) is 13.4. The molecule has 0 radical (unpaired) electrons. The molecule has 0 fully saturated rings. The smallest absolute Gasteiger partial charge is 0.258 e. The SMILES string of the molecule is CCC(=O)N1N=C(c2c(-c3ccccc3)c3cc(C)ccc3[nH]c2=O)C[C@H]1c1ccc(N(CC)CC)cc1. The second-order valence-corrected chi connectivity index (χ2v) is 9.74. The largest absolute Gasteiger partial charge is 0.372 e. The molecule has 0 spiro atoms. The summed E-state index contributed by atoms with van der Waals surface area (Å²) in [6, 6.07) is 24.1. The molecule has 1 aliphatic heterocycles. The van der Waals surface area contributed by atoms with Gasteiger partial charge in [-0.1, -0.05) is 61.0 Å². The Morgan fingerprint density at radius 1 is 0.974 bits per heavy atom. The topological polar surface area (TPSA) is 68.8 Å². The number of aromatic nitrogens is 1. The summed E-state index contributed by atoms with van der Waals surface area (Å²) in [6.07, 6.45) is 0.806. The van der Waals surface area contributed by atoms with Crippen molar-refractivity contribution in [2.45, 2.75) is 46.6 Å². The molecule has 6 heteroatoms. The van der Waals surface area contributed by atoms with E-state index >= 15 is 0 Å². The van der Waals surface area contributed by atoms with E-state index in [2.05, 4.69) is 54.1 Å². The molecule has 38 heavy (non-hydrogen) atoms. The Morgan fingerprint density at radius 3 is 2.34 bits per heavy atom. The maximum Gasteiger partial charge on any atom is 0.258 e. The molecule has 1 aliphatic rings. The Bertz CT molecular complexity index is 1550. The first-order valence-electron chi connectivity index (χ1n) is 13.4. The molecule has 4 aromatic rings. The van der Waals surface area contributed by atoms with Crippen molar-refractivity contribution < 1.29 is 4.79 Å². The molecule has 1 amide bonds. The first kappa shape index (κ1) is 25.5. The molecule has 0 saturated heterocycles. The van der Waals surface area contributed by atoms with Crippen molar-refractivity contribution in [1.82, 2.24) is 9.99 Å². The van der Waals surface area contributed by atoms with Crippen LogP contribution in [0.4, 0.5) is 5.69 Å². The Balaban J connectivity index is 1.65. The Hall–Kier alpha value is -4.19. The second-order valence-electron chi connectivity index (χ2n) is 9.74. The van der Waals surface area contributed by atoms with Crippen molar-refractivity contribution >= 4 is 28.2 Å². The average Bonchev–Trinajstić information content (AvgIpc) is 3.38. The number of nitrogens with zero attached hydrogens (tertiary/aromatic N) is 3. The van der Waals surface area contributed by atoms with Crippen LogP contribution in [0.25, 0.3) is 22.0 Å². The number of carbonyl (C=O) groups excluding carboxylic acids is 1. The van der Waals surface area contributed by atoms with Crippen LogP contribution in [0.15, 0.2) is 82.7 Å². The van der Waals surface area contributed by atoms with Crippen LogP contribution in [0.3, 0.4) is 0 Å². The number of amides is 1. The molecule has 5 rings (SSSR count). The summed E-state index contributed by atoms with van der Waals surface area (Å²) in [5.41, 5.74) is 6.83. The fourth-order valence-electron chi connectivity index (χ4n) is 5.40. The molecule has 1 N–H and O–H groups in total. The highest BCUT2D eigenvalue weighted by atomic mass is 16.2. The number of H-pyrrole nitrogens is 1. The Labute approximate surface area is 223 Å². The van der Waals surface area contributed by atoms with Crippen molar-refractivity contribution in [3.63, 3.8) is 0 Å². The van der Waals surface area contributed by atoms with Crippen molar-refractivity contribution in [3.05, 3.63) is 99.8 Å². The van der Waals surface area contributed by atoms with E-state index in [1.54, 1.807) is 5.01 Å². The molecule has 6 nitrogen and oxygen atoms in total. The summed E-state index contributed by atoms with van der Waals surface area (Å²) in [7, 11) is 0. The number of aryl methyl sites for hydroxylation is 1. The van der Waals surface area contributed by atoms with E-state index in [9.17, 15) is 9.59 Å². The van der Waals surface area contributed by atoms with Gasteiger partial charge in [0.15, 0.2) is 0 Å². The van der Waals surface area contributed by atoms with E-state index in [0.717, 1.165) is 51.9 Å². The summed E-state index contributed by atoms with van der Waals surface area (Å²) in [5, 5.41) is 7.37. The zero-order valence-corrected chi connectivity index (χ0v) is 22.5. The third-order valence-electron chi connectivity index (χ3n) is 7.40. The maximum atomic E-state index is 13.6. The Morgan fingerprint density at radius 2 is 1.68 bits per heavy atom. The number of hydrogen-bond donors (Lipinski definition) is 1. The lowest BCUT2D eigenvalue weighted by Crippen LogP contribution is -2.26. The molecule has 0 bridgehead atoms. The number of carbonyl (C=O) groups is 1. The zero-order chi connectivity index (χ0) is 26.8. The van der Waals surface area contributed by atoms with Crippen molar-refractivity contribution in [3.8, 4) is 11.1 Å². The van der Waals surface area contributed by atoms with Crippen LogP contribution in [-0.4, -0.2) is 34.7 Å². The molecule has 0 unspecified atom stereocenters. The van der Waals surface area contributed by atoms with Crippen LogP contribution >= 0.6 is 0 Å². The monoisotopic (exact) mass is 506 g/mol. The van der Waals surface area contributed by atoms with Gasteiger partial charge in [0.1, 0.15) is 0 Å². The van der Waals surface area contributed by atoms with Gasteiger partial charge in [-0.25, -0.2) is 5.01 Å². The number of hydrogen-bond acceptors (Lipinski definition) is 4. The minimum absolute atomic E-state index is 0.0628. The fraction of sp³-hybridized carbons (Fsp3) is 0.281. The number of anilines is 1. The predicted octanol–water partition coefficient (Wildman–Crippen LogP) is 6.44. The maximum absolute atomic E-state index is 13.6. The van der Waals surface area contributed by atoms with Gasteiger partial charge in [0.25, 0.3) is 5.56 Å². The molecule has 194 valence electrons. The highest BCUT2D eigenvalue weighted by Gasteiger charge is 2.34. The van der Waals surface area contributed by atoms with Crippen LogP contribution in [0, 0.1) is 6.92 Å². The number of hydrazone groups is 1. The molecule has 2 heterocycles. The average molecular weight is 507 g/mol. The molecule has 0 saturated carbocycles. The van der Waals surface area contributed by atoms with Gasteiger partial charge in [0, 0.05) is 48.1 Å². The second kappa shape index (κ2) is 10.7. The number of rotatable bonds is 7. The van der Waals surface area contributed by atoms with E-state index in [4.69, 9.17) is 5.10 Å². The lowest BCUT2D eigenvalue weighted by atomic mass is 9.90. The van der Waals surface area contributed by atoms with Crippen LogP contribution < -0.4 is 10.5 Å². The molecular weight excluding hydrogens is 472 g/mol. The highest BCUT2D eigenvalue weighted by molar-refractivity contribution is 6.13. The summed E-state index contributed by atoms with van der Waals surface area (Å²) in [5.74, 6) is -0.0628. The number of benzene rings is 3. The third kappa shape index (κ3) is 4.62. The molecular formula is C32H34N4O2. The van der Waals surface area contributed by atoms with E-state index in [-0.39, 0.29) is 17.5 Å². The standard InChI is InChI=1S/C32H34N4O2/c1-5-29(37)36-28(22-14-16-24(17-15-22)35(6-2)7-3)20-27(34-36)31-30(23-11-9-8-10-12-23)25-19-21(4)13-18-26(25)33-32(31)38/h8-19,28H,5-7,20H2,1-4H3,(H,33,38)/t28-/m0/s1. The summed E-state index contributed by atoms with van der Waals surface area (Å²) in [4.78, 5) is 32.1. The number of pyridine rings is 1. The van der Waals surface area contributed by atoms with Crippen molar-refractivity contribution in [2.75, 3.05) is 18.0 Å². The van der Waals surface area contributed by atoms with Crippen molar-refractivity contribution in [2.24, 2.45) is 5.10 Å². The van der Waals surface area contributed by atoms with Crippen LogP contribution in [-0.2, 0) is 4.79 Å². The lowest BCUT2D eigenvalue weighted by Gasteiger charge is -2.24. The Kier molecular flexibility index (Phi) is 7.14. The van der Waals surface area contributed by atoms with E-state index in [0.29, 0.717) is 24.1 Å². The van der Waals surface area contributed by atoms with Crippen LogP contribution in [0.2, 0.25) is 0 Å². The van der Waals surface area contributed by atoms with Crippen LogP contribution in [0.5, 0.6) is 0 Å². The van der Waals surface area contributed by atoms with E-state index < -0.39 is 0 Å². The molecule has 0 aliphatic carbocycles. The van der Waals surface area contributed by atoms with Crippen molar-refractivity contribution in [1.29, 1.82) is 0 Å². The zero-order valence-electron chi connectivity index (χ0n) is 22.5. The summed E-state index contributed by atoms with van der Waals surface area (Å²) >= 11 is 0. The van der Waals surface area contributed by atoms with Gasteiger partial charge in [-0.05, 0) is 56.2 Å². The van der Waals surface area contributed by atoms with Gasteiger partial charge in [-0.3, -0.25) is 9.59 Å². The number of fused-ring (bicyclic) bond motifs is 1. The van der Waals surface area contributed by atoms with Gasteiger partial charge in [-0.2, -0.15) is 5.10 Å². The van der Waals surface area contributed by atoms with Gasteiger partial charge in [-0.15, -0.1) is 0 Å². The quantitative estimate of drug-likeness (QED) is 0.314.